The lowest BCUT2D eigenvalue weighted by Crippen LogP contribution is -2.21. The number of anilines is 2. The second-order valence-corrected chi connectivity index (χ2v) is 6.72. The number of aromatic nitrogens is 2. The van der Waals surface area contributed by atoms with E-state index in [1.165, 1.54) is 25.7 Å². The van der Waals surface area contributed by atoms with Crippen LogP contribution < -0.4 is 10.6 Å². The SMILES string of the molecule is CNc1cc(NCC2CC3CCC2C3)nc(C(C)C)n1. The van der Waals surface area contributed by atoms with Crippen LogP contribution in [0.1, 0.15) is 51.3 Å². The number of hydrogen-bond donors (Lipinski definition) is 2. The van der Waals surface area contributed by atoms with Crippen molar-refractivity contribution in [2.45, 2.75) is 45.4 Å². The minimum absolute atomic E-state index is 0.353. The summed E-state index contributed by atoms with van der Waals surface area (Å²) in [5.74, 6) is 5.96. The molecule has 4 nitrogen and oxygen atoms in total. The van der Waals surface area contributed by atoms with Crippen LogP contribution >= 0.6 is 0 Å². The molecule has 0 radical (unpaired) electrons. The van der Waals surface area contributed by atoms with E-state index in [0.29, 0.717) is 5.92 Å². The molecule has 1 heterocycles. The highest BCUT2D eigenvalue weighted by Crippen LogP contribution is 2.48. The summed E-state index contributed by atoms with van der Waals surface area (Å²) in [6.07, 6.45) is 5.80. The maximum Gasteiger partial charge on any atom is 0.135 e. The first-order valence-electron chi connectivity index (χ1n) is 7.96. The lowest BCUT2D eigenvalue weighted by Gasteiger charge is -2.22. The fourth-order valence-corrected chi connectivity index (χ4v) is 3.80. The third-order valence-corrected chi connectivity index (χ3v) is 4.95. The van der Waals surface area contributed by atoms with E-state index in [9.17, 15) is 0 Å². The van der Waals surface area contributed by atoms with Gasteiger partial charge in [0.15, 0.2) is 0 Å². The van der Waals surface area contributed by atoms with Crippen molar-refractivity contribution in [2.24, 2.45) is 17.8 Å². The fourth-order valence-electron chi connectivity index (χ4n) is 3.80. The van der Waals surface area contributed by atoms with Crippen molar-refractivity contribution in [3.63, 3.8) is 0 Å². The van der Waals surface area contributed by atoms with E-state index in [4.69, 9.17) is 0 Å². The van der Waals surface area contributed by atoms with Crippen LogP contribution in [0.3, 0.4) is 0 Å². The highest BCUT2D eigenvalue weighted by molar-refractivity contribution is 5.47. The molecule has 3 rings (SSSR count). The molecule has 2 aliphatic rings. The molecule has 0 aromatic carbocycles. The smallest absolute Gasteiger partial charge is 0.135 e. The standard InChI is InChI=1S/C16H26N4/c1-10(2)16-19-14(17-3)8-15(20-16)18-9-13-7-11-4-5-12(13)6-11/h8,10-13H,4-7,9H2,1-3H3,(H2,17,18,19,20). The Morgan fingerprint density at radius 2 is 2.00 bits per heavy atom. The van der Waals surface area contributed by atoms with Gasteiger partial charge in [-0.05, 0) is 37.0 Å². The van der Waals surface area contributed by atoms with Gasteiger partial charge in [0.2, 0.25) is 0 Å². The molecule has 1 aromatic heterocycles. The van der Waals surface area contributed by atoms with Crippen LogP contribution in [-0.2, 0) is 0 Å². The number of nitrogens with zero attached hydrogens (tertiary/aromatic N) is 2. The van der Waals surface area contributed by atoms with Gasteiger partial charge in [-0.2, -0.15) is 0 Å². The van der Waals surface area contributed by atoms with E-state index < -0.39 is 0 Å². The van der Waals surface area contributed by atoms with Crippen LogP contribution in [0, 0.1) is 17.8 Å². The molecule has 2 bridgehead atoms. The van der Waals surface area contributed by atoms with Gasteiger partial charge >= 0.3 is 0 Å². The Balaban J connectivity index is 1.66. The summed E-state index contributed by atoms with van der Waals surface area (Å²) in [6, 6.07) is 2.01. The number of nitrogens with one attached hydrogen (secondary N) is 2. The fraction of sp³-hybridized carbons (Fsp3) is 0.750. The molecule has 0 saturated heterocycles. The van der Waals surface area contributed by atoms with Crippen molar-refractivity contribution in [2.75, 3.05) is 24.2 Å². The van der Waals surface area contributed by atoms with Gasteiger partial charge in [0.25, 0.3) is 0 Å². The minimum atomic E-state index is 0.353. The summed E-state index contributed by atoms with van der Waals surface area (Å²) in [7, 11) is 1.91. The summed E-state index contributed by atoms with van der Waals surface area (Å²) in [6.45, 7) is 5.34. The van der Waals surface area contributed by atoms with Gasteiger partial charge in [-0.3, -0.25) is 0 Å². The second kappa shape index (κ2) is 5.58. The van der Waals surface area contributed by atoms with Crippen LogP contribution in [0.5, 0.6) is 0 Å². The lowest BCUT2D eigenvalue weighted by atomic mass is 9.89. The van der Waals surface area contributed by atoms with Gasteiger partial charge in [0, 0.05) is 25.6 Å². The van der Waals surface area contributed by atoms with E-state index >= 15 is 0 Å². The Hall–Kier alpha value is -1.32. The monoisotopic (exact) mass is 274 g/mol. The van der Waals surface area contributed by atoms with Gasteiger partial charge < -0.3 is 10.6 Å². The normalized spacial score (nSPS) is 28.1. The molecule has 20 heavy (non-hydrogen) atoms. The molecule has 2 fully saturated rings. The van der Waals surface area contributed by atoms with E-state index in [1.807, 2.05) is 13.1 Å². The number of hydrogen-bond acceptors (Lipinski definition) is 4. The Morgan fingerprint density at radius 1 is 1.20 bits per heavy atom. The zero-order chi connectivity index (χ0) is 14.1. The minimum Gasteiger partial charge on any atom is -0.373 e. The molecule has 0 spiro atoms. The molecule has 4 heteroatoms. The summed E-state index contributed by atoms with van der Waals surface area (Å²) >= 11 is 0. The zero-order valence-electron chi connectivity index (χ0n) is 12.8. The van der Waals surface area contributed by atoms with Gasteiger partial charge in [-0.1, -0.05) is 20.3 Å². The van der Waals surface area contributed by atoms with Gasteiger partial charge in [0.1, 0.15) is 17.5 Å². The summed E-state index contributed by atoms with van der Waals surface area (Å²) in [5.41, 5.74) is 0. The van der Waals surface area contributed by atoms with Crippen molar-refractivity contribution in [1.29, 1.82) is 0 Å². The van der Waals surface area contributed by atoms with Crippen LogP contribution in [0.4, 0.5) is 11.6 Å². The van der Waals surface area contributed by atoms with Crippen molar-refractivity contribution >= 4 is 11.6 Å². The third-order valence-electron chi connectivity index (χ3n) is 4.95. The number of fused-ring (bicyclic) bond motifs is 2. The molecule has 1 aromatic rings. The molecule has 3 atom stereocenters. The molecule has 2 N–H and O–H groups in total. The molecule has 0 aliphatic heterocycles. The van der Waals surface area contributed by atoms with Crippen LogP contribution in [0.2, 0.25) is 0 Å². The Kier molecular flexibility index (Phi) is 3.81. The molecular formula is C16H26N4. The first kappa shape index (κ1) is 13.7. The predicted molar refractivity (Wildman–Crippen MR) is 83.1 cm³/mol. The summed E-state index contributed by atoms with van der Waals surface area (Å²) in [5, 5.41) is 6.68. The first-order valence-corrected chi connectivity index (χ1v) is 7.96. The molecule has 2 saturated carbocycles. The van der Waals surface area contributed by atoms with E-state index in [0.717, 1.165) is 41.8 Å². The Labute approximate surface area is 121 Å². The number of rotatable bonds is 5. The molecule has 2 aliphatic carbocycles. The molecule has 0 amide bonds. The lowest BCUT2D eigenvalue weighted by molar-refractivity contribution is 0.348. The Bertz CT molecular complexity index is 472. The molecule has 110 valence electrons. The van der Waals surface area contributed by atoms with Crippen LogP contribution in [0.25, 0.3) is 0 Å². The highest BCUT2D eigenvalue weighted by atomic mass is 15.1. The predicted octanol–water partition coefficient (Wildman–Crippen LogP) is 3.49. The van der Waals surface area contributed by atoms with Crippen LogP contribution in [0.15, 0.2) is 6.07 Å². The van der Waals surface area contributed by atoms with Gasteiger partial charge in [-0.25, -0.2) is 9.97 Å². The summed E-state index contributed by atoms with van der Waals surface area (Å²) in [4.78, 5) is 9.15. The van der Waals surface area contributed by atoms with E-state index in [2.05, 4.69) is 34.4 Å². The zero-order valence-corrected chi connectivity index (χ0v) is 12.8. The average molecular weight is 274 g/mol. The Morgan fingerprint density at radius 3 is 2.60 bits per heavy atom. The first-order chi connectivity index (χ1) is 9.65. The maximum absolute atomic E-state index is 4.64. The quantitative estimate of drug-likeness (QED) is 0.863. The molecule has 3 unspecified atom stereocenters. The largest absolute Gasteiger partial charge is 0.373 e. The van der Waals surface area contributed by atoms with Gasteiger partial charge in [0.05, 0.1) is 0 Å². The third kappa shape index (κ3) is 2.74. The van der Waals surface area contributed by atoms with E-state index in [-0.39, 0.29) is 0 Å². The van der Waals surface area contributed by atoms with Crippen molar-refractivity contribution in [3.8, 4) is 0 Å². The van der Waals surface area contributed by atoms with Crippen molar-refractivity contribution in [3.05, 3.63) is 11.9 Å². The van der Waals surface area contributed by atoms with E-state index in [1.54, 1.807) is 0 Å². The maximum atomic E-state index is 4.64. The highest BCUT2D eigenvalue weighted by Gasteiger charge is 2.39. The van der Waals surface area contributed by atoms with Crippen molar-refractivity contribution in [1.82, 2.24) is 9.97 Å². The van der Waals surface area contributed by atoms with Crippen LogP contribution in [-0.4, -0.2) is 23.6 Å². The second-order valence-electron chi connectivity index (χ2n) is 6.72. The topological polar surface area (TPSA) is 49.8 Å². The summed E-state index contributed by atoms with van der Waals surface area (Å²) < 4.78 is 0. The van der Waals surface area contributed by atoms with Crippen molar-refractivity contribution < 1.29 is 0 Å². The average Bonchev–Trinajstić information content (AvgIpc) is 3.07. The van der Waals surface area contributed by atoms with Gasteiger partial charge in [-0.15, -0.1) is 0 Å². The molecular weight excluding hydrogens is 248 g/mol.